The van der Waals surface area contributed by atoms with Gasteiger partial charge in [0.25, 0.3) is 5.91 Å². The maximum Gasteiger partial charge on any atom is 0.418 e. The summed E-state index contributed by atoms with van der Waals surface area (Å²) in [6.45, 7) is 8.99. The number of nitrogens with one attached hydrogen (secondary N) is 1. The molecular formula is C22H29F3N4O4. The molecule has 1 aliphatic rings. The second-order valence-electron chi connectivity index (χ2n) is 9.57. The Bertz CT molecular complexity index is 1060. The Hall–Kier alpha value is -2.82. The van der Waals surface area contributed by atoms with E-state index in [0.29, 0.717) is 5.69 Å². The van der Waals surface area contributed by atoms with Gasteiger partial charge in [0.15, 0.2) is 6.10 Å². The van der Waals surface area contributed by atoms with Crippen LogP contribution in [0.3, 0.4) is 0 Å². The first-order chi connectivity index (χ1) is 15.1. The molecule has 0 bridgehead atoms. The topological polar surface area (TPSA) is 85.7 Å². The number of rotatable bonds is 3. The third-order valence-electron chi connectivity index (χ3n) is 5.21. The molecule has 2 heterocycles. The summed E-state index contributed by atoms with van der Waals surface area (Å²) in [5, 5.41) is 7.40. The zero-order valence-electron chi connectivity index (χ0n) is 19.5. The first kappa shape index (κ1) is 24.8. The van der Waals surface area contributed by atoms with Gasteiger partial charge in [-0.15, -0.1) is 0 Å². The fraction of sp³-hybridized carbons (Fsp3) is 0.591. The van der Waals surface area contributed by atoms with Crippen molar-refractivity contribution >= 4 is 22.9 Å². The molecule has 1 aromatic carbocycles. The van der Waals surface area contributed by atoms with Crippen molar-refractivity contribution in [2.45, 2.75) is 58.0 Å². The maximum absolute atomic E-state index is 13.5. The van der Waals surface area contributed by atoms with E-state index in [4.69, 9.17) is 9.47 Å². The van der Waals surface area contributed by atoms with Gasteiger partial charge in [-0.2, -0.15) is 18.3 Å². The second-order valence-corrected chi connectivity index (χ2v) is 9.57. The van der Waals surface area contributed by atoms with Crippen LogP contribution in [0.1, 0.15) is 45.9 Å². The molecule has 0 aliphatic carbocycles. The molecule has 2 amide bonds. The molecule has 1 fully saturated rings. The first-order valence-corrected chi connectivity index (χ1v) is 10.5. The second kappa shape index (κ2) is 8.51. The summed E-state index contributed by atoms with van der Waals surface area (Å²) in [6.07, 6.45) is -6.04. The molecule has 182 valence electrons. The minimum Gasteiger partial charge on any atom is -0.444 e. The minimum atomic E-state index is -4.54. The zero-order valence-corrected chi connectivity index (χ0v) is 19.5. The minimum absolute atomic E-state index is 0.00197. The predicted molar refractivity (Wildman–Crippen MR) is 114 cm³/mol. The number of hydrogen-bond acceptors (Lipinski definition) is 5. The predicted octanol–water partition coefficient (Wildman–Crippen LogP) is 3.58. The first-order valence-electron chi connectivity index (χ1n) is 10.5. The van der Waals surface area contributed by atoms with Gasteiger partial charge in [0.1, 0.15) is 5.60 Å². The number of fused-ring (bicyclic) bond motifs is 1. The number of alkyl halides is 3. The highest BCUT2D eigenvalue weighted by atomic mass is 19.4. The molecule has 33 heavy (non-hydrogen) atoms. The summed E-state index contributed by atoms with van der Waals surface area (Å²) in [4.78, 5) is 26.7. The van der Waals surface area contributed by atoms with Gasteiger partial charge in [0, 0.05) is 19.0 Å². The Labute approximate surface area is 190 Å². The molecule has 11 heteroatoms. The summed E-state index contributed by atoms with van der Waals surface area (Å²) in [7, 11) is 1.43. The van der Waals surface area contributed by atoms with Gasteiger partial charge in [0.05, 0.1) is 35.5 Å². The number of aryl methyl sites for hydroxylation is 1. The van der Waals surface area contributed by atoms with E-state index in [0.717, 1.165) is 6.07 Å². The highest BCUT2D eigenvalue weighted by molar-refractivity contribution is 5.88. The van der Waals surface area contributed by atoms with Crippen LogP contribution in [0.4, 0.5) is 18.0 Å². The van der Waals surface area contributed by atoms with Gasteiger partial charge in [-0.25, -0.2) is 4.79 Å². The lowest BCUT2D eigenvalue weighted by molar-refractivity contribution is -0.140. The van der Waals surface area contributed by atoms with Crippen molar-refractivity contribution in [1.29, 1.82) is 0 Å². The van der Waals surface area contributed by atoms with E-state index in [9.17, 15) is 22.8 Å². The van der Waals surface area contributed by atoms with Crippen LogP contribution in [0.2, 0.25) is 0 Å². The van der Waals surface area contributed by atoms with Gasteiger partial charge < -0.3 is 19.7 Å². The number of carbonyl (C=O) groups excluding carboxylic acids is 2. The molecule has 0 saturated carbocycles. The lowest BCUT2D eigenvalue weighted by Gasteiger charge is -2.35. The largest absolute Gasteiger partial charge is 0.444 e. The van der Waals surface area contributed by atoms with Crippen LogP contribution in [-0.4, -0.2) is 58.1 Å². The van der Waals surface area contributed by atoms with E-state index in [-0.39, 0.29) is 30.6 Å². The number of nitrogens with zero attached hydrogens (tertiary/aromatic N) is 3. The average Bonchev–Trinajstić information content (AvgIpc) is 3.03. The zero-order chi connectivity index (χ0) is 24.8. The van der Waals surface area contributed by atoms with Crippen LogP contribution >= 0.6 is 0 Å². The number of ether oxygens (including phenoxy) is 2. The molecule has 1 aliphatic heterocycles. The standard InChI is InChI=1S/C22H29F3N4O4/c1-20(2,3)33-19(31)29-10-11-32-15(12-29)18(30)26-21(4,5)17-13-8-7-9-14(22(23,24)25)16(13)28(6)27-17/h7-9,15H,10-12H2,1-6H3,(H,26,30)/t15-/m0/s1. The van der Waals surface area contributed by atoms with Crippen molar-refractivity contribution in [3.8, 4) is 0 Å². The molecule has 8 nitrogen and oxygen atoms in total. The quantitative estimate of drug-likeness (QED) is 0.741. The molecule has 2 aromatic rings. The van der Waals surface area contributed by atoms with Gasteiger partial charge >= 0.3 is 12.3 Å². The van der Waals surface area contributed by atoms with Gasteiger partial charge in [0.2, 0.25) is 0 Å². The van der Waals surface area contributed by atoms with Gasteiger partial charge in [-0.3, -0.25) is 9.48 Å². The van der Waals surface area contributed by atoms with E-state index in [1.807, 2.05) is 0 Å². The smallest absolute Gasteiger partial charge is 0.418 e. The van der Waals surface area contributed by atoms with E-state index in [1.54, 1.807) is 40.7 Å². The summed E-state index contributed by atoms with van der Waals surface area (Å²) in [5.74, 6) is -0.501. The monoisotopic (exact) mass is 470 g/mol. The number of morpholine rings is 1. The molecule has 1 atom stereocenters. The Kier molecular flexibility index (Phi) is 6.40. The van der Waals surface area contributed by atoms with Crippen molar-refractivity contribution in [3.63, 3.8) is 0 Å². The lowest BCUT2D eigenvalue weighted by Crippen LogP contribution is -2.55. The maximum atomic E-state index is 13.5. The molecule has 1 saturated heterocycles. The number of benzene rings is 1. The number of hydrogen-bond donors (Lipinski definition) is 1. The molecule has 0 radical (unpaired) electrons. The average molecular weight is 470 g/mol. The van der Waals surface area contributed by atoms with Gasteiger partial charge in [-0.1, -0.05) is 12.1 Å². The highest BCUT2D eigenvalue weighted by Crippen LogP contribution is 2.37. The molecule has 0 spiro atoms. The Balaban J connectivity index is 1.81. The Morgan fingerprint density at radius 3 is 2.45 bits per heavy atom. The van der Waals surface area contributed by atoms with E-state index in [1.165, 1.54) is 22.7 Å². The van der Waals surface area contributed by atoms with Crippen LogP contribution < -0.4 is 5.32 Å². The van der Waals surface area contributed by atoms with Gasteiger partial charge in [-0.05, 0) is 40.7 Å². The molecule has 3 rings (SSSR count). The van der Waals surface area contributed by atoms with Crippen molar-refractivity contribution < 1.29 is 32.2 Å². The molecule has 0 unspecified atom stereocenters. The molecule has 1 N–H and O–H groups in total. The number of para-hydroxylation sites is 1. The van der Waals surface area contributed by atoms with Crippen LogP contribution in [0.25, 0.3) is 10.9 Å². The normalized spacial score (nSPS) is 17.8. The van der Waals surface area contributed by atoms with E-state index in [2.05, 4.69) is 10.4 Å². The third-order valence-corrected chi connectivity index (χ3v) is 5.21. The summed E-state index contributed by atoms with van der Waals surface area (Å²) >= 11 is 0. The molecular weight excluding hydrogens is 441 g/mol. The number of amides is 2. The Morgan fingerprint density at radius 2 is 1.85 bits per heavy atom. The number of carbonyl (C=O) groups is 2. The van der Waals surface area contributed by atoms with Crippen LogP contribution in [0.5, 0.6) is 0 Å². The van der Waals surface area contributed by atoms with E-state index >= 15 is 0 Å². The fourth-order valence-electron chi connectivity index (χ4n) is 3.78. The van der Waals surface area contributed by atoms with Crippen LogP contribution in [0.15, 0.2) is 18.2 Å². The lowest BCUT2D eigenvalue weighted by atomic mass is 9.95. The SMILES string of the molecule is Cn1nc(C(C)(C)NC(=O)[C@@H]2CN(C(=O)OC(C)(C)C)CCO2)c2cccc(C(F)(F)F)c21. The van der Waals surface area contributed by atoms with E-state index < -0.39 is 41.0 Å². The van der Waals surface area contributed by atoms with Crippen molar-refractivity contribution in [2.75, 3.05) is 19.7 Å². The van der Waals surface area contributed by atoms with Crippen molar-refractivity contribution in [3.05, 3.63) is 29.5 Å². The highest BCUT2D eigenvalue weighted by Gasteiger charge is 2.38. The van der Waals surface area contributed by atoms with Crippen molar-refractivity contribution in [2.24, 2.45) is 7.05 Å². The third kappa shape index (κ3) is 5.40. The summed E-state index contributed by atoms with van der Waals surface area (Å²) < 4.78 is 52.6. The number of aromatic nitrogens is 2. The summed E-state index contributed by atoms with van der Waals surface area (Å²) in [5.41, 5.74) is -2.36. The van der Waals surface area contributed by atoms with Crippen molar-refractivity contribution in [1.82, 2.24) is 20.0 Å². The Morgan fingerprint density at radius 1 is 1.18 bits per heavy atom. The van der Waals surface area contributed by atoms with Crippen LogP contribution in [-0.2, 0) is 33.0 Å². The van der Waals surface area contributed by atoms with Crippen LogP contribution in [0, 0.1) is 0 Å². The molecule has 1 aromatic heterocycles. The summed E-state index contributed by atoms with van der Waals surface area (Å²) in [6, 6.07) is 3.86. The number of halogens is 3. The fourth-order valence-corrected chi connectivity index (χ4v) is 3.78.